The monoisotopic (exact) mass is 279 g/mol. The SMILES string of the molecule is CCNC(Cc1cn2ccsc2n1)C1CCOC1C. The van der Waals surface area contributed by atoms with E-state index < -0.39 is 0 Å². The molecule has 3 unspecified atom stereocenters. The van der Waals surface area contributed by atoms with Gasteiger partial charge in [0.1, 0.15) is 0 Å². The first-order chi connectivity index (χ1) is 9.28. The Labute approximate surface area is 117 Å². The van der Waals surface area contributed by atoms with Gasteiger partial charge in [-0.2, -0.15) is 0 Å². The number of aromatic nitrogens is 2. The summed E-state index contributed by atoms with van der Waals surface area (Å²) in [7, 11) is 0. The molecule has 19 heavy (non-hydrogen) atoms. The van der Waals surface area contributed by atoms with Crippen LogP contribution >= 0.6 is 11.3 Å². The second-order valence-electron chi connectivity index (χ2n) is 5.22. The van der Waals surface area contributed by atoms with Crippen molar-refractivity contribution in [3.8, 4) is 0 Å². The van der Waals surface area contributed by atoms with Crippen LogP contribution in [0.2, 0.25) is 0 Å². The van der Waals surface area contributed by atoms with Crippen molar-refractivity contribution in [3.05, 3.63) is 23.5 Å². The van der Waals surface area contributed by atoms with E-state index >= 15 is 0 Å². The summed E-state index contributed by atoms with van der Waals surface area (Å²) >= 11 is 1.69. The van der Waals surface area contributed by atoms with E-state index in [4.69, 9.17) is 9.72 Å². The number of nitrogens with zero attached hydrogens (tertiary/aromatic N) is 2. The number of hydrogen-bond donors (Lipinski definition) is 1. The van der Waals surface area contributed by atoms with Crippen molar-refractivity contribution in [1.29, 1.82) is 0 Å². The average Bonchev–Trinajstić information content (AvgIpc) is 3.03. The van der Waals surface area contributed by atoms with Crippen LogP contribution in [0.5, 0.6) is 0 Å². The molecule has 0 aliphatic carbocycles. The van der Waals surface area contributed by atoms with Gasteiger partial charge < -0.3 is 10.1 Å². The van der Waals surface area contributed by atoms with Gasteiger partial charge in [-0.15, -0.1) is 11.3 Å². The molecule has 0 saturated carbocycles. The summed E-state index contributed by atoms with van der Waals surface area (Å²) in [5.74, 6) is 0.597. The maximum atomic E-state index is 5.71. The molecular formula is C14H21N3OS. The predicted molar refractivity (Wildman–Crippen MR) is 77.8 cm³/mol. The predicted octanol–water partition coefficient (Wildman–Crippen LogP) is 2.34. The normalized spacial score (nSPS) is 25.2. The molecular weight excluding hydrogens is 258 g/mol. The van der Waals surface area contributed by atoms with Gasteiger partial charge in [-0.1, -0.05) is 6.92 Å². The number of hydrogen-bond acceptors (Lipinski definition) is 4. The zero-order valence-corrected chi connectivity index (χ0v) is 12.3. The average molecular weight is 279 g/mol. The van der Waals surface area contributed by atoms with Gasteiger partial charge in [0.15, 0.2) is 4.96 Å². The van der Waals surface area contributed by atoms with Crippen molar-refractivity contribution in [1.82, 2.24) is 14.7 Å². The Morgan fingerprint density at radius 2 is 2.53 bits per heavy atom. The highest BCUT2D eigenvalue weighted by molar-refractivity contribution is 7.15. The van der Waals surface area contributed by atoms with E-state index in [2.05, 4.69) is 41.3 Å². The Hall–Kier alpha value is -0.910. The lowest BCUT2D eigenvalue weighted by molar-refractivity contribution is 0.0955. The molecule has 1 N–H and O–H groups in total. The van der Waals surface area contributed by atoms with Crippen molar-refractivity contribution < 1.29 is 4.74 Å². The smallest absolute Gasteiger partial charge is 0.193 e. The zero-order valence-electron chi connectivity index (χ0n) is 11.5. The molecule has 0 bridgehead atoms. The Morgan fingerprint density at radius 3 is 3.21 bits per heavy atom. The molecule has 4 nitrogen and oxygen atoms in total. The van der Waals surface area contributed by atoms with Gasteiger partial charge in [-0.05, 0) is 19.9 Å². The minimum atomic E-state index is 0.354. The summed E-state index contributed by atoms with van der Waals surface area (Å²) in [6.07, 6.45) is 6.71. The standard InChI is InChI=1S/C14H21N3OS/c1-3-15-13(12-4-6-18-10(12)2)8-11-9-17-5-7-19-14(17)16-11/h5,7,9-10,12-13,15H,3-4,6,8H2,1-2H3. The Bertz CT molecular complexity index is 507. The molecule has 2 aromatic rings. The van der Waals surface area contributed by atoms with Gasteiger partial charge in [-0.3, -0.25) is 4.40 Å². The Balaban J connectivity index is 1.75. The van der Waals surface area contributed by atoms with Crippen LogP contribution in [0.4, 0.5) is 0 Å². The van der Waals surface area contributed by atoms with Crippen molar-refractivity contribution in [2.24, 2.45) is 5.92 Å². The fourth-order valence-electron chi connectivity index (χ4n) is 3.01. The quantitative estimate of drug-likeness (QED) is 0.913. The second kappa shape index (κ2) is 5.61. The van der Waals surface area contributed by atoms with Crippen molar-refractivity contribution in [2.45, 2.75) is 38.8 Å². The molecule has 0 amide bonds. The molecule has 1 saturated heterocycles. The van der Waals surface area contributed by atoms with E-state index in [0.29, 0.717) is 18.1 Å². The number of imidazole rings is 1. The highest BCUT2D eigenvalue weighted by Gasteiger charge is 2.31. The first kappa shape index (κ1) is 13.1. The molecule has 1 aliphatic heterocycles. The molecule has 104 valence electrons. The van der Waals surface area contributed by atoms with E-state index in [9.17, 15) is 0 Å². The van der Waals surface area contributed by atoms with Crippen LogP contribution in [0.25, 0.3) is 4.96 Å². The van der Waals surface area contributed by atoms with Gasteiger partial charge in [0.2, 0.25) is 0 Å². The van der Waals surface area contributed by atoms with Crippen LogP contribution < -0.4 is 5.32 Å². The minimum absolute atomic E-state index is 0.354. The maximum absolute atomic E-state index is 5.71. The summed E-state index contributed by atoms with van der Waals surface area (Å²) in [6.45, 7) is 6.25. The number of ether oxygens (including phenoxy) is 1. The highest BCUT2D eigenvalue weighted by atomic mass is 32.1. The summed E-state index contributed by atoms with van der Waals surface area (Å²) in [5, 5.41) is 5.68. The molecule has 0 spiro atoms. The van der Waals surface area contributed by atoms with E-state index in [1.165, 1.54) is 5.69 Å². The van der Waals surface area contributed by atoms with Crippen LogP contribution in [-0.4, -0.2) is 34.7 Å². The fourth-order valence-corrected chi connectivity index (χ4v) is 3.73. The molecule has 1 fully saturated rings. The summed E-state index contributed by atoms with van der Waals surface area (Å²) in [4.78, 5) is 5.78. The summed E-state index contributed by atoms with van der Waals surface area (Å²) in [6, 6.07) is 0.465. The number of rotatable bonds is 5. The van der Waals surface area contributed by atoms with Gasteiger partial charge >= 0.3 is 0 Å². The first-order valence-corrected chi connectivity index (χ1v) is 7.92. The lowest BCUT2D eigenvalue weighted by atomic mass is 9.90. The third kappa shape index (κ3) is 2.68. The molecule has 0 aromatic carbocycles. The third-order valence-corrected chi connectivity index (χ3v) is 4.76. The summed E-state index contributed by atoms with van der Waals surface area (Å²) < 4.78 is 7.82. The highest BCUT2D eigenvalue weighted by Crippen LogP contribution is 2.26. The Morgan fingerprint density at radius 1 is 1.63 bits per heavy atom. The van der Waals surface area contributed by atoms with Crippen molar-refractivity contribution in [2.75, 3.05) is 13.2 Å². The number of nitrogens with one attached hydrogen (secondary N) is 1. The topological polar surface area (TPSA) is 38.6 Å². The second-order valence-corrected chi connectivity index (χ2v) is 6.09. The molecule has 3 rings (SSSR count). The van der Waals surface area contributed by atoms with Crippen LogP contribution in [0.15, 0.2) is 17.8 Å². The Kier molecular flexibility index (Phi) is 3.86. The van der Waals surface area contributed by atoms with Crippen LogP contribution in [0.3, 0.4) is 0 Å². The number of likely N-dealkylation sites (N-methyl/N-ethyl adjacent to an activating group) is 1. The van der Waals surface area contributed by atoms with E-state index in [0.717, 1.165) is 31.0 Å². The van der Waals surface area contributed by atoms with Crippen LogP contribution in [0.1, 0.15) is 26.0 Å². The van der Waals surface area contributed by atoms with Crippen molar-refractivity contribution >= 4 is 16.3 Å². The molecule has 3 heterocycles. The first-order valence-electron chi connectivity index (χ1n) is 7.04. The van der Waals surface area contributed by atoms with Crippen LogP contribution in [-0.2, 0) is 11.2 Å². The van der Waals surface area contributed by atoms with Gasteiger partial charge in [0, 0.05) is 42.8 Å². The molecule has 5 heteroatoms. The molecule has 0 radical (unpaired) electrons. The number of thiazole rings is 1. The lowest BCUT2D eigenvalue weighted by Gasteiger charge is -2.26. The van der Waals surface area contributed by atoms with Gasteiger partial charge in [0.05, 0.1) is 11.8 Å². The van der Waals surface area contributed by atoms with Gasteiger partial charge in [-0.25, -0.2) is 4.98 Å². The lowest BCUT2D eigenvalue weighted by Crippen LogP contribution is -2.40. The largest absolute Gasteiger partial charge is 0.378 e. The molecule has 3 atom stereocenters. The van der Waals surface area contributed by atoms with Crippen molar-refractivity contribution in [3.63, 3.8) is 0 Å². The van der Waals surface area contributed by atoms with E-state index in [-0.39, 0.29) is 0 Å². The van der Waals surface area contributed by atoms with E-state index in [1.807, 2.05) is 0 Å². The maximum Gasteiger partial charge on any atom is 0.193 e. The zero-order chi connectivity index (χ0) is 13.2. The van der Waals surface area contributed by atoms with Gasteiger partial charge in [0.25, 0.3) is 0 Å². The van der Waals surface area contributed by atoms with Crippen LogP contribution in [0, 0.1) is 5.92 Å². The minimum Gasteiger partial charge on any atom is -0.378 e. The molecule has 1 aliphatic rings. The fraction of sp³-hybridized carbons (Fsp3) is 0.643. The third-order valence-electron chi connectivity index (χ3n) is 3.99. The number of fused-ring (bicyclic) bond motifs is 1. The molecule has 2 aromatic heterocycles. The van der Waals surface area contributed by atoms with E-state index in [1.54, 1.807) is 11.3 Å². The summed E-state index contributed by atoms with van der Waals surface area (Å²) in [5.41, 5.74) is 1.18.